The molecule has 0 radical (unpaired) electrons. The number of thiophene rings is 1. The van der Waals surface area contributed by atoms with Gasteiger partial charge in [-0.3, -0.25) is 19.4 Å². The van der Waals surface area contributed by atoms with Gasteiger partial charge in [0.2, 0.25) is 0 Å². The average Bonchev–Trinajstić information content (AvgIpc) is 3.30. The normalized spacial score (nSPS) is 19.3. The van der Waals surface area contributed by atoms with E-state index in [9.17, 15) is 9.59 Å². The molecular formula is C19H9BrN2O3S. The van der Waals surface area contributed by atoms with Crippen LogP contribution in [0.2, 0.25) is 0 Å². The lowest BCUT2D eigenvalue weighted by atomic mass is 10.0. The zero-order valence-corrected chi connectivity index (χ0v) is 15.8. The van der Waals surface area contributed by atoms with Crippen molar-refractivity contribution in [2.45, 2.75) is 6.92 Å². The summed E-state index contributed by atoms with van der Waals surface area (Å²) >= 11 is 5.02. The van der Waals surface area contributed by atoms with Gasteiger partial charge in [-0.25, -0.2) is 0 Å². The molecule has 0 bridgehead atoms. The Morgan fingerprint density at radius 2 is 1.62 bits per heavy atom. The van der Waals surface area contributed by atoms with E-state index in [1.54, 1.807) is 17.3 Å². The number of hydrogen-bond acceptors (Lipinski definition) is 4. The first kappa shape index (κ1) is 14.5. The van der Waals surface area contributed by atoms with E-state index < -0.39 is 0 Å². The smallest absolute Gasteiger partial charge is 0.265 e. The fraction of sp³-hybridized carbons (Fsp3) is 0.0526. The average molecular weight is 425 g/mol. The summed E-state index contributed by atoms with van der Waals surface area (Å²) in [5.74, 6) is 0.939. The van der Waals surface area contributed by atoms with Crippen molar-refractivity contribution in [3.05, 3.63) is 67.0 Å². The van der Waals surface area contributed by atoms with E-state index >= 15 is 0 Å². The molecule has 0 fully saturated rings. The van der Waals surface area contributed by atoms with Crippen LogP contribution in [0.25, 0.3) is 23.5 Å². The summed E-state index contributed by atoms with van der Waals surface area (Å²) in [6, 6.07) is 3.91. The standard InChI is InChI=1S/C19H9BrN2O3S/c1-8-6-9-2-4-21-14(16(9)25-8)12-13(19(21)24)15-17-10(7-11(20)26-17)3-5-22(15)18(12)23/h2-7H,1H3. The molecule has 0 saturated heterocycles. The van der Waals surface area contributed by atoms with Crippen LogP contribution in [0.5, 0.6) is 0 Å². The van der Waals surface area contributed by atoms with Crippen molar-refractivity contribution in [1.29, 1.82) is 0 Å². The monoisotopic (exact) mass is 424 g/mol. The molecule has 2 aromatic rings. The van der Waals surface area contributed by atoms with Crippen molar-refractivity contribution in [3.63, 3.8) is 0 Å². The number of halogens is 1. The summed E-state index contributed by atoms with van der Waals surface area (Å²) in [7, 11) is 0. The van der Waals surface area contributed by atoms with Gasteiger partial charge >= 0.3 is 0 Å². The van der Waals surface area contributed by atoms with Gasteiger partial charge in [-0.1, -0.05) is 0 Å². The van der Waals surface area contributed by atoms with Gasteiger partial charge in [-0.05, 0) is 52.7 Å². The van der Waals surface area contributed by atoms with Crippen molar-refractivity contribution in [2.24, 2.45) is 0 Å². The van der Waals surface area contributed by atoms with Crippen LogP contribution in [0.15, 0.2) is 43.9 Å². The zero-order valence-electron chi connectivity index (χ0n) is 13.4. The second-order valence-corrected chi connectivity index (χ2v) is 8.84. The molecule has 0 spiro atoms. The second-order valence-electron chi connectivity index (χ2n) is 6.41. The maximum atomic E-state index is 13.2. The Kier molecular flexibility index (Phi) is 2.54. The van der Waals surface area contributed by atoms with E-state index in [2.05, 4.69) is 15.9 Å². The molecule has 0 aromatic carbocycles. The highest BCUT2D eigenvalue weighted by Crippen LogP contribution is 2.52. The Labute approximate surface area is 160 Å². The van der Waals surface area contributed by atoms with Gasteiger partial charge in [0.25, 0.3) is 11.8 Å². The number of amides is 2. The number of fused-ring (bicyclic) bond motifs is 7. The van der Waals surface area contributed by atoms with Crippen LogP contribution in [0.3, 0.4) is 0 Å². The third-order valence-electron chi connectivity index (χ3n) is 4.92. The number of hydrogen-bond donors (Lipinski definition) is 0. The number of carbonyl (C=O) groups is 2. The third kappa shape index (κ3) is 1.56. The lowest BCUT2D eigenvalue weighted by Crippen LogP contribution is -2.26. The van der Waals surface area contributed by atoms with Crippen molar-refractivity contribution >= 4 is 62.6 Å². The van der Waals surface area contributed by atoms with E-state index in [0.717, 1.165) is 25.6 Å². The van der Waals surface area contributed by atoms with Crippen molar-refractivity contribution in [3.8, 4) is 0 Å². The number of aryl methyl sites for hydroxylation is 1. The number of furan rings is 1. The predicted octanol–water partition coefficient (Wildman–Crippen LogP) is 4.19. The minimum absolute atomic E-state index is 0.192. The van der Waals surface area contributed by atoms with Gasteiger partial charge < -0.3 is 4.42 Å². The second kappa shape index (κ2) is 4.55. The van der Waals surface area contributed by atoms with Crippen LogP contribution < -0.4 is 0 Å². The van der Waals surface area contributed by atoms with E-state index in [1.807, 2.05) is 31.2 Å². The molecule has 6 heterocycles. The highest BCUT2D eigenvalue weighted by Gasteiger charge is 2.51. The summed E-state index contributed by atoms with van der Waals surface area (Å²) in [5.41, 5.74) is 3.98. The topological polar surface area (TPSA) is 53.8 Å². The van der Waals surface area contributed by atoms with Crippen LogP contribution >= 0.6 is 27.3 Å². The molecule has 2 amide bonds. The lowest BCUT2D eigenvalue weighted by molar-refractivity contribution is -0.122. The van der Waals surface area contributed by atoms with Gasteiger partial charge in [-0.2, -0.15) is 0 Å². The minimum atomic E-state index is -0.192. The predicted molar refractivity (Wildman–Crippen MR) is 101 cm³/mol. The summed E-state index contributed by atoms with van der Waals surface area (Å²) in [6.07, 6.45) is 7.20. The molecule has 0 atom stereocenters. The molecule has 26 heavy (non-hydrogen) atoms. The van der Waals surface area contributed by atoms with Crippen LogP contribution in [0, 0.1) is 6.92 Å². The fourth-order valence-electron chi connectivity index (χ4n) is 3.90. The Bertz CT molecular complexity index is 1110. The highest BCUT2D eigenvalue weighted by atomic mass is 79.9. The number of carbonyl (C=O) groups excluding carboxylic acids is 2. The van der Waals surface area contributed by atoms with E-state index in [1.165, 1.54) is 16.2 Å². The molecule has 0 aliphatic carbocycles. The van der Waals surface area contributed by atoms with Crippen LogP contribution in [-0.4, -0.2) is 21.6 Å². The highest BCUT2D eigenvalue weighted by molar-refractivity contribution is 9.11. The third-order valence-corrected chi connectivity index (χ3v) is 6.58. The maximum absolute atomic E-state index is 13.2. The Hall–Kier alpha value is -2.64. The molecule has 0 N–H and O–H groups in total. The Morgan fingerprint density at radius 1 is 0.962 bits per heavy atom. The number of rotatable bonds is 0. The Balaban J connectivity index is 1.71. The van der Waals surface area contributed by atoms with Gasteiger partial charge in [-0.15, -0.1) is 11.3 Å². The van der Waals surface area contributed by atoms with Gasteiger partial charge in [0, 0.05) is 18.0 Å². The van der Waals surface area contributed by atoms with Gasteiger partial charge in [0.1, 0.15) is 11.5 Å². The van der Waals surface area contributed by atoms with Crippen LogP contribution in [-0.2, 0) is 9.59 Å². The first-order valence-corrected chi connectivity index (χ1v) is 9.58. The lowest BCUT2D eigenvalue weighted by Gasteiger charge is -2.23. The molecule has 6 rings (SSSR count). The maximum Gasteiger partial charge on any atom is 0.265 e. The van der Waals surface area contributed by atoms with Crippen molar-refractivity contribution < 1.29 is 14.0 Å². The Morgan fingerprint density at radius 3 is 2.38 bits per heavy atom. The molecule has 0 unspecified atom stereocenters. The van der Waals surface area contributed by atoms with E-state index in [-0.39, 0.29) is 11.8 Å². The number of nitrogens with zero attached hydrogens (tertiary/aromatic N) is 2. The summed E-state index contributed by atoms with van der Waals surface area (Å²) in [5, 5.41) is 0. The molecule has 126 valence electrons. The molecule has 7 heteroatoms. The van der Waals surface area contributed by atoms with Crippen LogP contribution in [0.1, 0.15) is 27.5 Å². The molecule has 4 aliphatic heterocycles. The SMILES string of the molecule is Cc1cc2c(o1)C1=C3C(=O)N4C=Cc5cc(Br)sc5C4=C3C(=O)N1C=C2. The summed E-state index contributed by atoms with van der Waals surface area (Å²) in [4.78, 5) is 30.4. The summed E-state index contributed by atoms with van der Waals surface area (Å²) in [6.45, 7) is 1.86. The minimum Gasteiger partial charge on any atom is -0.459 e. The van der Waals surface area contributed by atoms with Crippen molar-refractivity contribution in [1.82, 2.24) is 9.80 Å². The molecule has 2 aromatic heterocycles. The largest absolute Gasteiger partial charge is 0.459 e. The van der Waals surface area contributed by atoms with Gasteiger partial charge in [0.05, 0.1) is 25.5 Å². The first-order valence-electron chi connectivity index (χ1n) is 7.97. The van der Waals surface area contributed by atoms with E-state index in [0.29, 0.717) is 28.3 Å². The van der Waals surface area contributed by atoms with Crippen molar-refractivity contribution in [2.75, 3.05) is 0 Å². The molecular weight excluding hydrogens is 416 g/mol. The molecule has 4 aliphatic rings. The molecule has 5 nitrogen and oxygen atoms in total. The fourth-order valence-corrected chi connectivity index (χ4v) is 5.56. The van der Waals surface area contributed by atoms with E-state index in [4.69, 9.17) is 4.42 Å². The molecule has 0 saturated carbocycles. The zero-order chi connectivity index (χ0) is 17.7. The van der Waals surface area contributed by atoms with Gasteiger partial charge in [0.15, 0.2) is 5.76 Å². The van der Waals surface area contributed by atoms with Crippen LogP contribution in [0.4, 0.5) is 0 Å². The summed E-state index contributed by atoms with van der Waals surface area (Å²) < 4.78 is 6.79. The quantitative estimate of drug-likeness (QED) is 0.636. The first-order chi connectivity index (χ1) is 12.5.